The van der Waals surface area contributed by atoms with Crippen LogP contribution in [0, 0.1) is 0 Å². The lowest BCUT2D eigenvalue weighted by molar-refractivity contribution is -0.111. The Bertz CT molecular complexity index is 823. The van der Waals surface area contributed by atoms with Gasteiger partial charge in [-0.2, -0.15) is 0 Å². The normalized spacial score (nSPS) is 16.3. The van der Waals surface area contributed by atoms with E-state index in [-0.39, 0.29) is 11.9 Å². The van der Waals surface area contributed by atoms with Crippen molar-refractivity contribution in [1.29, 1.82) is 0 Å². The Hall–Kier alpha value is -2.40. The minimum absolute atomic E-state index is 0.245. The first-order chi connectivity index (χ1) is 12.6. The third-order valence-corrected chi connectivity index (χ3v) is 5.68. The molecule has 0 saturated heterocycles. The van der Waals surface area contributed by atoms with E-state index in [1.165, 1.54) is 22.3 Å². The third kappa shape index (κ3) is 4.05. The van der Waals surface area contributed by atoms with Crippen LogP contribution in [0.5, 0.6) is 0 Å². The fourth-order valence-corrected chi connectivity index (χ4v) is 4.65. The first-order valence-electron chi connectivity index (χ1n) is 8.97. The van der Waals surface area contributed by atoms with Crippen molar-refractivity contribution >= 4 is 34.3 Å². The maximum Gasteiger partial charge on any atom is 0.341 e. The highest BCUT2D eigenvalue weighted by atomic mass is 32.1. The van der Waals surface area contributed by atoms with Crippen LogP contribution in [0.15, 0.2) is 36.4 Å². The van der Waals surface area contributed by atoms with Gasteiger partial charge in [-0.05, 0) is 49.3 Å². The number of thiophene rings is 1. The lowest BCUT2D eigenvalue weighted by atomic mass is 9.86. The number of carbonyl (C=O) groups excluding carboxylic acids is 2. The van der Waals surface area contributed by atoms with Crippen LogP contribution in [0.25, 0.3) is 6.08 Å². The van der Waals surface area contributed by atoms with Crippen molar-refractivity contribution in [3.8, 4) is 0 Å². The first-order valence-corrected chi connectivity index (χ1v) is 9.78. The molecule has 5 heteroatoms. The van der Waals surface area contributed by atoms with E-state index in [1.807, 2.05) is 30.3 Å². The van der Waals surface area contributed by atoms with Crippen LogP contribution < -0.4 is 5.32 Å². The van der Waals surface area contributed by atoms with Crippen LogP contribution in [0.3, 0.4) is 0 Å². The number of anilines is 1. The number of carbonyl (C=O) groups is 2. The molecule has 0 fully saturated rings. The third-order valence-electron chi connectivity index (χ3n) is 4.50. The molecular weight excluding hydrogens is 346 g/mol. The molecule has 1 atom stereocenters. The molecule has 1 N–H and O–H groups in total. The average molecular weight is 369 g/mol. The molecule has 26 heavy (non-hydrogen) atoms. The number of hydrogen-bond donors (Lipinski definition) is 1. The lowest BCUT2D eigenvalue weighted by Gasteiger charge is -2.19. The minimum atomic E-state index is -0.346. The van der Waals surface area contributed by atoms with Crippen LogP contribution in [0.4, 0.5) is 5.00 Å². The molecule has 0 aliphatic heterocycles. The summed E-state index contributed by atoms with van der Waals surface area (Å²) in [6.07, 6.45) is 6.37. The molecule has 2 aromatic rings. The number of aryl methyl sites for hydroxylation is 1. The van der Waals surface area contributed by atoms with Crippen molar-refractivity contribution in [2.24, 2.45) is 0 Å². The molecule has 136 valence electrons. The zero-order chi connectivity index (χ0) is 18.5. The van der Waals surface area contributed by atoms with Gasteiger partial charge in [-0.3, -0.25) is 4.79 Å². The number of esters is 1. The Kier molecular flexibility index (Phi) is 5.89. The largest absolute Gasteiger partial charge is 0.462 e. The van der Waals surface area contributed by atoms with Crippen molar-refractivity contribution in [3.05, 3.63) is 58.0 Å². The van der Waals surface area contributed by atoms with Crippen LogP contribution in [0.1, 0.15) is 59.0 Å². The second-order valence-electron chi connectivity index (χ2n) is 6.39. The summed E-state index contributed by atoms with van der Waals surface area (Å²) in [5.74, 6) is -0.286. The minimum Gasteiger partial charge on any atom is -0.462 e. The van der Waals surface area contributed by atoms with E-state index in [1.54, 1.807) is 13.0 Å². The monoisotopic (exact) mass is 369 g/mol. The molecule has 1 unspecified atom stereocenters. The van der Waals surface area contributed by atoms with Gasteiger partial charge in [0.25, 0.3) is 0 Å². The molecular formula is C21H23NO3S. The Labute approximate surface area is 157 Å². The fraction of sp³-hybridized carbons (Fsp3) is 0.333. The van der Waals surface area contributed by atoms with Gasteiger partial charge in [0, 0.05) is 11.0 Å². The second kappa shape index (κ2) is 8.32. The van der Waals surface area contributed by atoms with Gasteiger partial charge in [0.15, 0.2) is 0 Å². The maximum atomic E-state index is 12.5. The molecule has 0 radical (unpaired) electrons. The SMILES string of the molecule is CCOC(=O)c1c(NC(=O)C=Cc2ccccc2)sc2c1C(C)CCC2. The standard InChI is InChI=1S/C21H23NO3S/c1-3-25-21(24)19-18-14(2)8-7-11-16(18)26-20(19)22-17(23)13-12-15-9-5-4-6-10-15/h4-6,9-10,12-14H,3,7-8,11H2,1-2H3,(H,22,23). The van der Waals surface area contributed by atoms with E-state index in [4.69, 9.17) is 4.74 Å². The Balaban J connectivity index is 1.86. The highest BCUT2D eigenvalue weighted by Gasteiger charge is 2.30. The van der Waals surface area contributed by atoms with Crippen LogP contribution >= 0.6 is 11.3 Å². The molecule has 3 rings (SSSR count). The number of rotatable bonds is 5. The Morgan fingerprint density at radius 3 is 2.81 bits per heavy atom. The van der Waals surface area contributed by atoms with Crippen molar-refractivity contribution in [2.75, 3.05) is 11.9 Å². The maximum absolute atomic E-state index is 12.5. The molecule has 0 spiro atoms. The zero-order valence-corrected chi connectivity index (χ0v) is 15.9. The quantitative estimate of drug-likeness (QED) is 0.595. The van der Waals surface area contributed by atoms with E-state index in [9.17, 15) is 9.59 Å². The summed E-state index contributed by atoms with van der Waals surface area (Å²) >= 11 is 1.50. The highest BCUT2D eigenvalue weighted by molar-refractivity contribution is 7.17. The zero-order valence-electron chi connectivity index (χ0n) is 15.1. The van der Waals surface area contributed by atoms with E-state index in [0.717, 1.165) is 30.4 Å². The van der Waals surface area contributed by atoms with Gasteiger partial charge in [-0.25, -0.2) is 4.79 Å². The predicted octanol–water partition coefficient (Wildman–Crippen LogP) is 5.02. The van der Waals surface area contributed by atoms with Crippen molar-refractivity contribution in [3.63, 3.8) is 0 Å². The van der Waals surface area contributed by atoms with Gasteiger partial charge in [0.05, 0.1) is 12.2 Å². The summed E-state index contributed by atoms with van der Waals surface area (Å²) < 4.78 is 5.25. The molecule has 1 aromatic heterocycles. The van der Waals surface area contributed by atoms with Crippen molar-refractivity contribution < 1.29 is 14.3 Å². The van der Waals surface area contributed by atoms with Gasteiger partial charge in [0.1, 0.15) is 5.00 Å². The molecule has 4 nitrogen and oxygen atoms in total. The van der Waals surface area contributed by atoms with E-state index in [2.05, 4.69) is 12.2 Å². The van der Waals surface area contributed by atoms with E-state index in [0.29, 0.717) is 23.1 Å². The van der Waals surface area contributed by atoms with E-state index < -0.39 is 0 Å². The van der Waals surface area contributed by atoms with Crippen molar-refractivity contribution in [1.82, 2.24) is 0 Å². The summed E-state index contributed by atoms with van der Waals surface area (Å²) in [6.45, 7) is 4.24. The van der Waals surface area contributed by atoms with Gasteiger partial charge >= 0.3 is 5.97 Å². The van der Waals surface area contributed by atoms with Crippen LogP contribution in [0.2, 0.25) is 0 Å². The second-order valence-corrected chi connectivity index (χ2v) is 7.50. The average Bonchev–Trinajstić information content (AvgIpc) is 3.00. The summed E-state index contributed by atoms with van der Waals surface area (Å²) in [5, 5.41) is 3.49. The number of ether oxygens (including phenoxy) is 1. The lowest BCUT2D eigenvalue weighted by Crippen LogP contribution is -2.15. The van der Waals surface area contributed by atoms with Crippen molar-refractivity contribution in [2.45, 2.75) is 39.0 Å². The smallest absolute Gasteiger partial charge is 0.341 e. The van der Waals surface area contributed by atoms with Gasteiger partial charge in [-0.15, -0.1) is 11.3 Å². The highest BCUT2D eigenvalue weighted by Crippen LogP contribution is 2.43. The molecule has 1 heterocycles. The molecule has 1 aliphatic carbocycles. The summed E-state index contributed by atoms with van der Waals surface area (Å²) in [7, 11) is 0. The molecule has 0 bridgehead atoms. The Morgan fingerprint density at radius 1 is 1.31 bits per heavy atom. The summed E-state index contributed by atoms with van der Waals surface area (Å²) in [6, 6.07) is 9.63. The van der Waals surface area contributed by atoms with Gasteiger partial charge in [0.2, 0.25) is 5.91 Å². The van der Waals surface area contributed by atoms with Gasteiger partial charge in [-0.1, -0.05) is 37.3 Å². The topological polar surface area (TPSA) is 55.4 Å². The fourth-order valence-electron chi connectivity index (χ4n) is 3.29. The van der Waals surface area contributed by atoms with E-state index >= 15 is 0 Å². The van der Waals surface area contributed by atoms with Crippen LogP contribution in [-0.2, 0) is 16.0 Å². The number of amides is 1. The molecule has 1 amide bonds. The molecule has 0 saturated carbocycles. The number of hydrogen-bond acceptors (Lipinski definition) is 4. The van der Waals surface area contributed by atoms with Crippen LogP contribution in [-0.4, -0.2) is 18.5 Å². The predicted molar refractivity (Wildman–Crippen MR) is 106 cm³/mol. The summed E-state index contributed by atoms with van der Waals surface area (Å²) in [4.78, 5) is 26.1. The molecule has 1 aliphatic rings. The first kappa shape index (κ1) is 18.4. The Morgan fingerprint density at radius 2 is 2.08 bits per heavy atom. The summed E-state index contributed by atoms with van der Waals surface area (Å²) in [5.41, 5.74) is 2.55. The number of benzene rings is 1. The number of fused-ring (bicyclic) bond motifs is 1. The van der Waals surface area contributed by atoms with Gasteiger partial charge < -0.3 is 10.1 Å². The number of nitrogens with one attached hydrogen (secondary N) is 1. The molecule has 1 aromatic carbocycles.